The molecule has 5 nitrogen and oxygen atoms in total. The average molecular weight is 306 g/mol. The SMILES string of the molecule is CC1(C)CCc2c(c(O)c3c(c2C(=O)O)CCC(C)(C)O3)O1. The molecule has 0 spiro atoms. The Hall–Kier alpha value is -1.91. The first-order chi connectivity index (χ1) is 10.1. The second-order valence-corrected chi connectivity index (χ2v) is 7.37. The number of carbonyl (C=O) groups is 1. The number of aromatic carboxylic acids is 1. The van der Waals surface area contributed by atoms with Crippen molar-refractivity contribution in [2.75, 3.05) is 0 Å². The molecule has 0 amide bonds. The van der Waals surface area contributed by atoms with E-state index in [1.54, 1.807) is 0 Å². The third-order valence-electron chi connectivity index (χ3n) is 4.51. The Morgan fingerprint density at radius 2 is 1.36 bits per heavy atom. The van der Waals surface area contributed by atoms with Gasteiger partial charge in [0.15, 0.2) is 11.5 Å². The summed E-state index contributed by atoms with van der Waals surface area (Å²) in [5.41, 5.74) is 0.559. The van der Waals surface area contributed by atoms with E-state index in [0.29, 0.717) is 36.8 Å². The zero-order chi connectivity index (χ0) is 16.3. The van der Waals surface area contributed by atoms with Gasteiger partial charge in [0, 0.05) is 11.1 Å². The van der Waals surface area contributed by atoms with Crippen molar-refractivity contribution in [1.82, 2.24) is 0 Å². The van der Waals surface area contributed by atoms with Crippen molar-refractivity contribution >= 4 is 5.97 Å². The highest BCUT2D eigenvalue weighted by Crippen LogP contribution is 2.52. The topological polar surface area (TPSA) is 76.0 Å². The van der Waals surface area contributed by atoms with E-state index in [2.05, 4.69) is 0 Å². The molecular formula is C17H22O5. The van der Waals surface area contributed by atoms with Gasteiger partial charge in [-0.05, 0) is 53.4 Å². The van der Waals surface area contributed by atoms with Crippen LogP contribution in [-0.2, 0) is 12.8 Å². The molecule has 1 aromatic carbocycles. The van der Waals surface area contributed by atoms with E-state index in [4.69, 9.17) is 9.47 Å². The number of phenolic OH excluding ortho intramolecular Hbond substituents is 1. The molecule has 22 heavy (non-hydrogen) atoms. The third-order valence-corrected chi connectivity index (χ3v) is 4.51. The van der Waals surface area contributed by atoms with E-state index in [0.717, 1.165) is 0 Å². The van der Waals surface area contributed by atoms with Gasteiger partial charge in [-0.1, -0.05) is 0 Å². The van der Waals surface area contributed by atoms with Crippen molar-refractivity contribution in [3.05, 3.63) is 16.7 Å². The van der Waals surface area contributed by atoms with Gasteiger partial charge < -0.3 is 19.7 Å². The first-order valence-corrected chi connectivity index (χ1v) is 7.63. The van der Waals surface area contributed by atoms with E-state index < -0.39 is 17.2 Å². The number of hydrogen-bond acceptors (Lipinski definition) is 4. The molecule has 2 aliphatic heterocycles. The molecule has 0 atom stereocenters. The van der Waals surface area contributed by atoms with Crippen molar-refractivity contribution in [3.63, 3.8) is 0 Å². The fourth-order valence-electron chi connectivity index (χ4n) is 3.26. The summed E-state index contributed by atoms with van der Waals surface area (Å²) in [4.78, 5) is 11.8. The number of rotatable bonds is 1. The molecule has 3 rings (SSSR count). The number of phenols is 1. The summed E-state index contributed by atoms with van der Waals surface area (Å²) >= 11 is 0. The largest absolute Gasteiger partial charge is 0.502 e. The fourth-order valence-corrected chi connectivity index (χ4v) is 3.26. The Morgan fingerprint density at radius 1 is 0.955 bits per heavy atom. The molecule has 120 valence electrons. The van der Waals surface area contributed by atoms with Crippen molar-refractivity contribution < 1.29 is 24.5 Å². The molecule has 0 saturated heterocycles. The van der Waals surface area contributed by atoms with Gasteiger partial charge in [-0.15, -0.1) is 0 Å². The average Bonchev–Trinajstić information content (AvgIpc) is 2.39. The Kier molecular flexibility index (Phi) is 3.10. The minimum absolute atomic E-state index is 0.0597. The molecule has 1 aromatic rings. The predicted octanol–water partition coefficient (Wildman–Crippen LogP) is 3.30. The molecule has 0 unspecified atom stereocenters. The minimum Gasteiger partial charge on any atom is -0.502 e. The number of fused-ring (bicyclic) bond motifs is 2. The van der Waals surface area contributed by atoms with Crippen LogP contribution in [0, 0.1) is 0 Å². The molecule has 0 saturated carbocycles. The van der Waals surface area contributed by atoms with Crippen LogP contribution in [0.15, 0.2) is 0 Å². The maximum Gasteiger partial charge on any atom is 0.336 e. The summed E-state index contributed by atoms with van der Waals surface area (Å²) in [5, 5.41) is 20.3. The summed E-state index contributed by atoms with van der Waals surface area (Å²) in [6, 6.07) is 0. The van der Waals surface area contributed by atoms with Gasteiger partial charge in [0.05, 0.1) is 5.56 Å². The van der Waals surface area contributed by atoms with Crippen molar-refractivity contribution in [1.29, 1.82) is 0 Å². The zero-order valence-electron chi connectivity index (χ0n) is 13.4. The first kappa shape index (κ1) is 15.0. The van der Waals surface area contributed by atoms with Crippen LogP contribution in [0.3, 0.4) is 0 Å². The molecule has 0 bridgehead atoms. The van der Waals surface area contributed by atoms with Crippen molar-refractivity contribution in [3.8, 4) is 17.2 Å². The number of hydrogen-bond donors (Lipinski definition) is 2. The summed E-state index contributed by atoms with van der Waals surface area (Å²) in [5.74, 6) is -0.509. The van der Waals surface area contributed by atoms with E-state index in [1.807, 2.05) is 27.7 Å². The predicted molar refractivity (Wildman–Crippen MR) is 81.1 cm³/mol. The highest BCUT2D eigenvalue weighted by Gasteiger charge is 2.39. The van der Waals surface area contributed by atoms with Gasteiger partial charge in [0.2, 0.25) is 5.75 Å². The monoisotopic (exact) mass is 306 g/mol. The van der Waals surface area contributed by atoms with Crippen LogP contribution in [0.5, 0.6) is 17.2 Å². The van der Waals surface area contributed by atoms with E-state index in [9.17, 15) is 15.0 Å². The standard InChI is InChI=1S/C17H22O5/c1-16(2)7-5-9-11(15(19)20)10-6-8-17(3,4)22-14(10)12(18)13(9)21-16/h18H,5-8H2,1-4H3,(H,19,20). The Balaban J connectivity index is 2.26. The van der Waals surface area contributed by atoms with Crippen molar-refractivity contribution in [2.24, 2.45) is 0 Å². The highest BCUT2D eigenvalue weighted by molar-refractivity contribution is 5.94. The fraction of sp³-hybridized carbons (Fsp3) is 0.588. The lowest BCUT2D eigenvalue weighted by atomic mass is 9.84. The van der Waals surface area contributed by atoms with Crippen LogP contribution in [0.2, 0.25) is 0 Å². The van der Waals surface area contributed by atoms with E-state index >= 15 is 0 Å². The summed E-state index contributed by atoms with van der Waals surface area (Å²) < 4.78 is 11.8. The highest BCUT2D eigenvalue weighted by atomic mass is 16.5. The molecule has 5 heteroatoms. The van der Waals surface area contributed by atoms with Crippen LogP contribution < -0.4 is 9.47 Å². The maximum atomic E-state index is 11.8. The number of ether oxygens (including phenoxy) is 2. The number of benzene rings is 1. The quantitative estimate of drug-likeness (QED) is 0.832. The van der Waals surface area contributed by atoms with Gasteiger partial charge in [0.25, 0.3) is 0 Å². The van der Waals surface area contributed by atoms with Crippen LogP contribution in [0.25, 0.3) is 0 Å². The Labute approximate surface area is 129 Å². The van der Waals surface area contributed by atoms with Gasteiger partial charge in [-0.25, -0.2) is 4.79 Å². The normalized spacial score (nSPS) is 21.1. The Morgan fingerprint density at radius 3 is 1.73 bits per heavy atom. The number of aromatic hydroxyl groups is 1. The molecule has 0 fully saturated rings. The van der Waals surface area contributed by atoms with Gasteiger partial charge in [-0.3, -0.25) is 0 Å². The minimum atomic E-state index is -0.987. The molecule has 2 heterocycles. The summed E-state index contributed by atoms with van der Waals surface area (Å²) in [6.07, 6.45) is 2.58. The smallest absolute Gasteiger partial charge is 0.336 e. The van der Waals surface area contributed by atoms with Gasteiger partial charge in [0.1, 0.15) is 11.2 Å². The van der Waals surface area contributed by atoms with Crippen LogP contribution in [-0.4, -0.2) is 27.4 Å². The number of carboxylic acids is 1. The zero-order valence-corrected chi connectivity index (χ0v) is 13.4. The molecule has 0 aromatic heterocycles. The number of carboxylic acid groups (broad SMARTS) is 1. The summed E-state index contributed by atoms with van der Waals surface area (Å²) in [6.45, 7) is 7.72. The molecule has 0 aliphatic carbocycles. The van der Waals surface area contributed by atoms with E-state index in [1.165, 1.54) is 0 Å². The molecule has 2 N–H and O–H groups in total. The van der Waals surface area contributed by atoms with Crippen LogP contribution in [0.4, 0.5) is 0 Å². The lowest BCUT2D eigenvalue weighted by molar-refractivity contribution is 0.0591. The maximum absolute atomic E-state index is 11.8. The lowest BCUT2D eigenvalue weighted by Gasteiger charge is -2.38. The third kappa shape index (κ3) is 2.28. The summed E-state index contributed by atoms with van der Waals surface area (Å²) in [7, 11) is 0. The molecule has 0 radical (unpaired) electrons. The Bertz CT molecular complexity index is 610. The van der Waals surface area contributed by atoms with Crippen LogP contribution >= 0.6 is 0 Å². The molecule has 2 aliphatic rings. The second kappa shape index (κ2) is 4.54. The van der Waals surface area contributed by atoms with Crippen molar-refractivity contribution in [2.45, 2.75) is 64.6 Å². The lowest BCUT2D eigenvalue weighted by Crippen LogP contribution is -2.36. The van der Waals surface area contributed by atoms with E-state index in [-0.39, 0.29) is 22.8 Å². The van der Waals surface area contributed by atoms with Gasteiger partial charge >= 0.3 is 5.97 Å². The molecular weight excluding hydrogens is 284 g/mol. The van der Waals surface area contributed by atoms with Crippen LogP contribution in [0.1, 0.15) is 62.0 Å². The second-order valence-electron chi connectivity index (χ2n) is 7.37. The first-order valence-electron chi connectivity index (χ1n) is 7.63. The van der Waals surface area contributed by atoms with Gasteiger partial charge in [-0.2, -0.15) is 0 Å².